The van der Waals surface area contributed by atoms with Gasteiger partial charge in [0.05, 0.1) is 6.10 Å². The maximum atomic E-state index is 14.2. The van der Waals surface area contributed by atoms with Crippen molar-refractivity contribution >= 4 is 38.2 Å². The molecule has 0 bridgehead atoms. The predicted octanol–water partition coefficient (Wildman–Crippen LogP) is 5.16. The maximum Gasteiger partial charge on any atom is 0.262 e. The number of thiophene rings is 1. The van der Waals surface area contributed by atoms with Gasteiger partial charge in [-0.1, -0.05) is 42.5 Å². The van der Waals surface area contributed by atoms with Gasteiger partial charge in [-0.15, -0.1) is 11.3 Å². The van der Waals surface area contributed by atoms with Gasteiger partial charge < -0.3 is 10.1 Å². The number of nitrogens with one attached hydrogen (secondary N) is 1. The first-order valence-corrected chi connectivity index (χ1v) is 10.5. The Labute approximate surface area is 171 Å². The molecular formula is C23H19FN2O2S. The van der Waals surface area contributed by atoms with Gasteiger partial charge in [-0.05, 0) is 24.5 Å². The number of carbonyl (C=O) groups is 1. The lowest BCUT2D eigenvalue weighted by atomic mass is 10.0. The normalized spacial score (nSPS) is 16.5. The standard InChI is InChI=1S/C23H19FN2O2S/c24-18-10-4-9-16-20(18)25-13-17-19(14-6-2-1-3-7-14)22(29-21(16)17)23(27)26-12-15-8-5-11-28-15/h1-4,6-7,9-10,13,15H,5,8,11-12H2,(H,26,27). The minimum Gasteiger partial charge on any atom is -0.376 e. The smallest absolute Gasteiger partial charge is 0.262 e. The van der Waals surface area contributed by atoms with E-state index in [9.17, 15) is 9.18 Å². The van der Waals surface area contributed by atoms with Crippen molar-refractivity contribution < 1.29 is 13.9 Å². The van der Waals surface area contributed by atoms with Gasteiger partial charge in [0, 0.05) is 40.4 Å². The zero-order valence-corrected chi connectivity index (χ0v) is 16.5. The lowest BCUT2D eigenvalue weighted by Gasteiger charge is -2.11. The molecule has 4 aromatic rings. The van der Waals surface area contributed by atoms with E-state index in [1.807, 2.05) is 36.4 Å². The molecular weight excluding hydrogens is 387 g/mol. The van der Waals surface area contributed by atoms with Crippen LogP contribution in [0, 0.1) is 5.82 Å². The molecule has 1 aliphatic rings. The molecule has 0 spiro atoms. The predicted molar refractivity (Wildman–Crippen MR) is 114 cm³/mol. The third-order valence-corrected chi connectivity index (χ3v) is 6.52. The molecule has 1 N–H and O–H groups in total. The summed E-state index contributed by atoms with van der Waals surface area (Å²) in [6, 6.07) is 14.7. The number of aromatic nitrogens is 1. The van der Waals surface area contributed by atoms with E-state index < -0.39 is 0 Å². The van der Waals surface area contributed by atoms with Crippen LogP contribution in [0.15, 0.2) is 54.7 Å². The lowest BCUT2D eigenvalue weighted by Crippen LogP contribution is -2.31. The molecule has 2 aromatic carbocycles. The molecule has 2 aromatic heterocycles. The number of para-hydroxylation sites is 1. The second kappa shape index (κ2) is 7.54. The summed E-state index contributed by atoms with van der Waals surface area (Å²) in [4.78, 5) is 18.1. The van der Waals surface area contributed by atoms with Gasteiger partial charge in [0.1, 0.15) is 16.2 Å². The molecule has 0 aliphatic carbocycles. The molecule has 146 valence electrons. The fraction of sp³-hybridized carbons (Fsp3) is 0.217. The minimum atomic E-state index is -0.358. The quantitative estimate of drug-likeness (QED) is 0.509. The molecule has 29 heavy (non-hydrogen) atoms. The van der Waals surface area contributed by atoms with E-state index in [2.05, 4.69) is 10.3 Å². The average Bonchev–Trinajstić information content (AvgIpc) is 3.40. The summed E-state index contributed by atoms with van der Waals surface area (Å²) in [6.45, 7) is 1.25. The number of fused-ring (bicyclic) bond motifs is 3. The van der Waals surface area contributed by atoms with Crippen LogP contribution in [0.3, 0.4) is 0 Å². The highest BCUT2D eigenvalue weighted by Gasteiger charge is 2.23. The number of ether oxygens (including phenoxy) is 1. The summed E-state index contributed by atoms with van der Waals surface area (Å²) in [5, 5.41) is 4.61. The molecule has 1 fully saturated rings. The Morgan fingerprint density at radius 2 is 2.03 bits per heavy atom. The van der Waals surface area contributed by atoms with Crippen LogP contribution in [-0.2, 0) is 4.74 Å². The average molecular weight is 406 g/mol. The summed E-state index contributed by atoms with van der Waals surface area (Å²) >= 11 is 1.39. The Bertz CT molecular complexity index is 1200. The van der Waals surface area contributed by atoms with Crippen LogP contribution in [0.4, 0.5) is 4.39 Å². The first-order chi connectivity index (χ1) is 14.2. The Hall–Kier alpha value is -2.83. The van der Waals surface area contributed by atoms with Crippen molar-refractivity contribution in [1.29, 1.82) is 0 Å². The van der Waals surface area contributed by atoms with Crippen molar-refractivity contribution in [3.8, 4) is 11.1 Å². The van der Waals surface area contributed by atoms with E-state index in [4.69, 9.17) is 4.74 Å². The fourth-order valence-electron chi connectivity index (χ4n) is 3.87. The third-order valence-electron chi connectivity index (χ3n) is 5.28. The van der Waals surface area contributed by atoms with Crippen molar-refractivity contribution in [1.82, 2.24) is 10.3 Å². The van der Waals surface area contributed by atoms with Crippen LogP contribution in [0.5, 0.6) is 0 Å². The number of rotatable bonds is 4. The largest absolute Gasteiger partial charge is 0.376 e. The molecule has 0 saturated carbocycles. The van der Waals surface area contributed by atoms with Gasteiger partial charge in [-0.2, -0.15) is 0 Å². The monoisotopic (exact) mass is 406 g/mol. The summed E-state index contributed by atoms with van der Waals surface area (Å²) in [6.07, 6.45) is 3.75. The zero-order valence-electron chi connectivity index (χ0n) is 15.7. The Balaban J connectivity index is 1.65. The molecule has 1 aliphatic heterocycles. The first kappa shape index (κ1) is 18.2. The van der Waals surface area contributed by atoms with Crippen LogP contribution >= 0.6 is 11.3 Å². The third kappa shape index (κ3) is 3.28. The maximum absolute atomic E-state index is 14.2. The van der Waals surface area contributed by atoms with Crippen molar-refractivity contribution in [2.45, 2.75) is 18.9 Å². The highest BCUT2D eigenvalue weighted by molar-refractivity contribution is 7.22. The topological polar surface area (TPSA) is 51.2 Å². The second-order valence-corrected chi connectivity index (χ2v) is 8.17. The lowest BCUT2D eigenvalue weighted by molar-refractivity contribution is 0.0861. The van der Waals surface area contributed by atoms with E-state index in [0.29, 0.717) is 16.9 Å². The Kier molecular flexibility index (Phi) is 4.73. The SMILES string of the molecule is O=C(NCC1CCCO1)c1sc2c(cnc3c(F)cccc32)c1-c1ccccc1. The summed E-state index contributed by atoms with van der Waals surface area (Å²) in [5.74, 6) is -0.492. The van der Waals surface area contributed by atoms with Gasteiger partial charge in [0.25, 0.3) is 5.91 Å². The van der Waals surface area contributed by atoms with E-state index >= 15 is 0 Å². The molecule has 1 unspecified atom stereocenters. The fourth-order valence-corrected chi connectivity index (χ4v) is 5.11. The number of benzene rings is 2. The van der Waals surface area contributed by atoms with Gasteiger partial charge in [-0.3, -0.25) is 9.78 Å². The zero-order chi connectivity index (χ0) is 19.8. The first-order valence-electron chi connectivity index (χ1n) is 9.67. The van der Waals surface area contributed by atoms with Crippen molar-refractivity contribution in [2.24, 2.45) is 0 Å². The van der Waals surface area contributed by atoms with Crippen LogP contribution in [0.1, 0.15) is 22.5 Å². The van der Waals surface area contributed by atoms with E-state index in [1.54, 1.807) is 12.3 Å². The van der Waals surface area contributed by atoms with Crippen molar-refractivity contribution in [3.05, 3.63) is 65.4 Å². The molecule has 6 heteroatoms. The summed E-state index contributed by atoms with van der Waals surface area (Å²) in [7, 11) is 0. The number of carbonyl (C=O) groups excluding carboxylic acids is 1. The molecule has 5 rings (SSSR count). The molecule has 3 heterocycles. The Morgan fingerprint density at radius 3 is 2.83 bits per heavy atom. The van der Waals surface area contributed by atoms with E-state index in [1.165, 1.54) is 17.4 Å². The summed E-state index contributed by atoms with van der Waals surface area (Å²) in [5.41, 5.74) is 2.11. The van der Waals surface area contributed by atoms with Crippen LogP contribution in [0.25, 0.3) is 32.1 Å². The van der Waals surface area contributed by atoms with Gasteiger partial charge in [-0.25, -0.2) is 4.39 Å². The number of nitrogens with zero attached hydrogens (tertiary/aromatic N) is 1. The molecule has 1 atom stereocenters. The second-order valence-electron chi connectivity index (χ2n) is 7.15. The highest BCUT2D eigenvalue weighted by Crippen LogP contribution is 2.41. The van der Waals surface area contributed by atoms with Crippen LogP contribution in [0.2, 0.25) is 0 Å². The number of halogens is 1. The molecule has 0 radical (unpaired) electrons. The molecule has 1 amide bonds. The number of amides is 1. The van der Waals surface area contributed by atoms with E-state index in [-0.39, 0.29) is 17.8 Å². The van der Waals surface area contributed by atoms with Crippen molar-refractivity contribution in [3.63, 3.8) is 0 Å². The van der Waals surface area contributed by atoms with Gasteiger partial charge >= 0.3 is 0 Å². The minimum absolute atomic E-state index is 0.0742. The summed E-state index contributed by atoms with van der Waals surface area (Å²) < 4.78 is 20.7. The van der Waals surface area contributed by atoms with Crippen LogP contribution in [-0.4, -0.2) is 30.1 Å². The number of pyridine rings is 1. The van der Waals surface area contributed by atoms with E-state index in [0.717, 1.165) is 46.0 Å². The molecule has 4 nitrogen and oxygen atoms in total. The van der Waals surface area contributed by atoms with Crippen LogP contribution < -0.4 is 5.32 Å². The molecule has 1 saturated heterocycles. The number of hydrogen-bond acceptors (Lipinski definition) is 4. The Morgan fingerprint density at radius 1 is 1.17 bits per heavy atom. The number of hydrogen-bond donors (Lipinski definition) is 1. The van der Waals surface area contributed by atoms with Crippen molar-refractivity contribution in [2.75, 3.05) is 13.2 Å². The highest BCUT2D eigenvalue weighted by atomic mass is 32.1. The van der Waals surface area contributed by atoms with Gasteiger partial charge in [0.2, 0.25) is 0 Å². The van der Waals surface area contributed by atoms with Gasteiger partial charge in [0.15, 0.2) is 0 Å².